The smallest absolute Gasteiger partial charge is 0.334 e. The van der Waals surface area contributed by atoms with Crippen LogP contribution in [0.4, 0.5) is 0 Å². The number of hydrogen-bond donors (Lipinski definition) is 1. The van der Waals surface area contributed by atoms with E-state index >= 15 is 0 Å². The summed E-state index contributed by atoms with van der Waals surface area (Å²) < 4.78 is 11.2. The molecular formula is C15H20O4. The van der Waals surface area contributed by atoms with E-state index in [0.29, 0.717) is 5.57 Å². The minimum atomic E-state index is -0.726. The Morgan fingerprint density at radius 1 is 1.53 bits per heavy atom. The average Bonchev–Trinajstić information content (AvgIpc) is 2.89. The van der Waals surface area contributed by atoms with Gasteiger partial charge in [0.05, 0.1) is 17.6 Å². The van der Waals surface area contributed by atoms with Crippen molar-refractivity contribution in [2.24, 2.45) is 5.92 Å². The van der Waals surface area contributed by atoms with Crippen LogP contribution < -0.4 is 0 Å². The highest BCUT2D eigenvalue weighted by Crippen LogP contribution is 2.49. The SMILES string of the molecule is C=C1C(=O)OC2C1C(O)C=C(C)CCCC1(C)OC21. The molecule has 2 saturated heterocycles. The van der Waals surface area contributed by atoms with Gasteiger partial charge < -0.3 is 14.6 Å². The number of allylic oxidation sites excluding steroid dienone is 1. The van der Waals surface area contributed by atoms with Gasteiger partial charge in [0.1, 0.15) is 12.2 Å². The molecule has 2 heterocycles. The molecule has 2 fully saturated rings. The molecule has 0 saturated carbocycles. The number of rotatable bonds is 0. The molecule has 2 aliphatic heterocycles. The van der Waals surface area contributed by atoms with Crippen molar-refractivity contribution >= 4 is 5.97 Å². The fourth-order valence-corrected chi connectivity index (χ4v) is 3.33. The number of hydrogen-bond acceptors (Lipinski definition) is 4. The van der Waals surface area contributed by atoms with Crippen LogP contribution in [0, 0.1) is 5.92 Å². The molecule has 5 atom stereocenters. The van der Waals surface area contributed by atoms with Gasteiger partial charge >= 0.3 is 5.97 Å². The lowest BCUT2D eigenvalue weighted by atomic mass is 9.83. The van der Waals surface area contributed by atoms with Gasteiger partial charge in [-0.15, -0.1) is 0 Å². The van der Waals surface area contributed by atoms with Crippen molar-refractivity contribution in [2.45, 2.75) is 57.0 Å². The van der Waals surface area contributed by atoms with Crippen molar-refractivity contribution in [1.82, 2.24) is 0 Å². The molecule has 3 rings (SSSR count). The first kappa shape index (κ1) is 12.9. The Balaban J connectivity index is 1.95. The average molecular weight is 264 g/mol. The third kappa shape index (κ3) is 2.03. The summed E-state index contributed by atoms with van der Waals surface area (Å²) >= 11 is 0. The normalized spacial score (nSPS) is 45.9. The highest BCUT2D eigenvalue weighted by Gasteiger charge is 2.62. The molecule has 3 aliphatic rings. The van der Waals surface area contributed by atoms with E-state index in [1.807, 2.05) is 13.0 Å². The Hall–Kier alpha value is -1.13. The zero-order chi connectivity index (χ0) is 13.8. The van der Waals surface area contributed by atoms with Crippen molar-refractivity contribution in [3.63, 3.8) is 0 Å². The summed E-state index contributed by atoms with van der Waals surface area (Å²) in [5, 5.41) is 10.4. The van der Waals surface area contributed by atoms with Crippen LogP contribution in [0.25, 0.3) is 0 Å². The minimum Gasteiger partial charge on any atom is -0.455 e. The largest absolute Gasteiger partial charge is 0.455 e. The molecule has 104 valence electrons. The van der Waals surface area contributed by atoms with Crippen molar-refractivity contribution in [2.75, 3.05) is 0 Å². The van der Waals surface area contributed by atoms with Crippen LogP contribution in [0.1, 0.15) is 33.1 Å². The summed E-state index contributed by atoms with van der Waals surface area (Å²) in [7, 11) is 0. The van der Waals surface area contributed by atoms with Crippen LogP contribution in [0.15, 0.2) is 23.8 Å². The number of carbonyl (C=O) groups excluding carboxylic acids is 1. The van der Waals surface area contributed by atoms with E-state index in [1.165, 1.54) is 0 Å². The second-order valence-corrected chi connectivity index (χ2v) is 6.13. The van der Waals surface area contributed by atoms with E-state index in [1.54, 1.807) is 0 Å². The van der Waals surface area contributed by atoms with Gasteiger partial charge in [0.25, 0.3) is 0 Å². The van der Waals surface area contributed by atoms with Gasteiger partial charge in [0.2, 0.25) is 0 Å². The van der Waals surface area contributed by atoms with Crippen LogP contribution >= 0.6 is 0 Å². The van der Waals surface area contributed by atoms with Crippen LogP contribution in [-0.4, -0.2) is 35.0 Å². The monoisotopic (exact) mass is 264 g/mol. The Morgan fingerprint density at radius 3 is 3.00 bits per heavy atom. The Kier molecular flexibility index (Phi) is 2.84. The maximum absolute atomic E-state index is 11.7. The molecule has 4 nitrogen and oxygen atoms in total. The second kappa shape index (κ2) is 4.18. The van der Waals surface area contributed by atoms with Crippen molar-refractivity contribution < 1.29 is 19.4 Å². The molecule has 0 spiro atoms. The van der Waals surface area contributed by atoms with Crippen LogP contribution in [0.5, 0.6) is 0 Å². The van der Waals surface area contributed by atoms with Gasteiger partial charge in [-0.25, -0.2) is 4.79 Å². The summed E-state index contributed by atoms with van der Waals surface area (Å²) in [4.78, 5) is 11.7. The predicted molar refractivity (Wildman–Crippen MR) is 69.4 cm³/mol. The maximum atomic E-state index is 11.7. The number of epoxide rings is 1. The molecule has 1 N–H and O–H groups in total. The fraction of sp³-hybridized carbons (Fsp3) is 0.667. The van der Waals surface area contributed by atoms with E-state index < -0.39 is 18.2 Å². The van der Waals surface area contributed by atoms with Gasteiger partial charge in [-0.05, 0) is 33.1 Å². The second-order valence-electron chi connectivity index (χ2n) is 6.13. The lowest BCUT2D eigenvalue weighted by Crippen LogP contribution is -2.35. The molecule has 4 heteroatoms. The summed E-state index contributed by atoms with van der Waals surface area (Å²) in [6.45, 7) is 7.84. The standard InChI is InChI=1S/C15H20O4/c1-8-5-4-6-15(3)13(19-15)12-11(10(16)7-8)9(2)14(17)18-12/h7,10-13,16H,2,4-6H2,1,3H3. The zero-order valence-corrected chi connectivity index (χ0v) is 11.4. The summed E-state index contributed by atoms with van der Waals surface area (Å²) in [6.07, 6.45) is 3.51. The first-order valence-corrected chi connectivity index (χ1v) is 6.85. The van der Waals surface area contributed by atoms with E-state index in [9.17, 15) is 9.90 Å². The number of aliphatic hydroxyl groups is 1. The van der Waals surface area contributed by atoms with Crippen LogP contribution in [-0.2, 0) is 14.3 Å². The molecule has 0 aromatic carbocycles. The van der Waals surface area contributed by atoms with E-state index in [-0.39, 0.29) is 17.6 Å². The number of esters is 1. The number of carbonyl (C=O) groups is 1. The van der Waals surface area contributed by atoms with Gasteiger partial charge in [-0.3, -0.25) is 0 Å². The van der Waals surface area contributed by atoms with Crippen molar-refractivity contribution in [3.8, 4) is 0 Å². The highest BCUT2D eigenvalue weighted by molar-refractivity contribution is 5.91. The third-order valence-electron chi connectivity index (χ3n) is 4.57. The predicted octanol–water partition coefficient (Wildman–Crippen LogP) is 1.73. The number of fused-ring (bicyclic) bond motifs is 3. The number of aliphatic hydroxyl groups excluding tert-OH is 1. The Labute approximate surface area is 113 Å². The van der Waals surface area contributed by atoms with Gasteiger partial charge in [-0.2, -0.15) is 0 Å². The Morgan fingerprint density at radius 2 is 2.26 bits per heavy atom. The van der Waals surface area contributed by atoms with Crippen LogP contribution in [0.3, 0.4) is 0 Å². The van der Waals surface area contributed by atoms with E-state index in [0.717, 1.165) is 24.8 Å². The zero-order valence-electron chi connectivity index (χ0n) is 11.4. The summed E-state index contributed by atoms with van der Waals surface area (Å²) in [6, 6.07) is 0. The highest BCUT2D eigenvalue weighted by atomic mass is 16.6. The van der Waals surface area contributed by atoms with Gasteiger partial charge in [0, 0.05) is 5.57 Å². The molecule has 0 amide bonds. The third-order valence-corrected chi connectivity index (χ3v) is 4.57. The maximum Gasteiger partial charge on any atom is 0.334 e. The summed E-state index contributed by atoms with van der Waals surface area (Å²) in [5.41, 5.74) is 1.28. The molecule has 0 aromatic heterocycles. The van der Waals surface area contributed by atoms with E-state index in [2.05, 4.69) is 13.5 Å². The van der Waals surface area contributed by atoms with Crippen molar-refractivity contribution in [1.29, 1.82) is 0 Å². The Bertz CT molecular complexity index is 467. The van der Waals surface area contributed by atoms with E-state index in [4.69, 9.17) is 9.47 Å². The van der Waals surface area contributed by atoms with Gasteiger partial charge in [-0.1, -0.05) is 18.2 Å². The lowest BCUT2D eigenvalue weighted by molar-refractivity contribution is -0.140. The number of ether oxygens (including phenoxy) is 2. The van der Waals surface area contributed by atoms with Gasteiger partial charge in [0.15, 0.2) is 0 Å². The molecule has 0 aromatic rings. The molecule has 0 radical (unpaired) electrons. The van der Waals surface area contributed by atoms with Crippen molar-refractivity contribution in [3.05, 3.63) is 23.8 Å². The quantitative estimate of drug-likeness (QED) is 0.313. The van der Waals surface area contributed by atoms with Crippen LogP contribution in [0.2, 0.25) is 0 Å². The molecule has 19 heavy (non-hydrogen) atoms. The topological polar surface area (TPSA) is 59.1 Å². The molecule has 5 unspecified atom stereocenters. The first-order valence-electron chi connectivity index (χ1n) is 6.85. The molecular weight excluding hydrogens is 244 g/mol. The first-order chi connectivity index (χ1) is 8.92. The lowest BCUT2D eigenvalue weighted by Gasteiger charge is -2.22. The fourth-order valence-electron chi connectivity index (χ4n) is 3.33. The summed E-state index contributed by atoms with van der Waals surface area (Å²) in [5.74, 6) is -0.787. The molecule has 1 aliphatic carbocycles. The minimum absolute atomic E-state index is 0.109. The molecule has 0 bridgehead atoms.